The molecule has 0 bridgehead atoms. The van der Waals surface area contributed by atoms with Crippen molar-refractivity contribution in [3.8, 4) is 22.5 Å². The van der Waals surface area contributed by atoms with Crippen LogP contribution in [0.15, 0.2) is 36.7 Å². The van der Waals surface area contributed by atoms with Gasteiger partial charge in [-0.25, -0.2) is 18.7 Å². The van der Waals surface area contributed by atoms with Crippen molar-refractivity contribution in [3.63, 3.8) is 0 Å². The fourth-order valence-corrected chi connectivity index (χ4v) is 5.81. The third kappa shape index (κ3) is 3.81. The Kier molecular flexibility index (Phi) is 5.82. The van der Waals surface area contributed by atoms with Gasteiger partial charge in [-0.3, -0.25) is 9.48 Å². The zero-order valence-corrected chi connectivity index (χ0v) is 21.9. The maximum Gasteiger partial charge on any atom is 0.265 e. The predicted octanol–water partition coefficient (Wildman–Crippen LogP) is 5.04. The minimum absolute atomic E-state index is 0.0269. The Morgan fingerprint density at radius 1 is 1.13 bits per heavy atom. The molecule has 1 amide bonds. The second-order valence-electron chi connectivity index (χ2n) is 10.6. The molecule has 2 aliphatic heterocycles. The number of amides is 1. The summed E-state index contributed by atoms with van der Waals surface area (Å²) < 4.78 is 38.0. The molecular formula is C28H30F2N6O2. The lowest BCUT2D eigenvalue weighted by Gasteiger charge is -2.37. The summed E-state index contributed by atoms with van der Waals surface area (Å²) in [6.07, 6.45) is 2.10. The smallest absolute Gasteiger partial charge is 0.265 e. The maximum absolute atomic E-state index is 14.4. The number of ether oxygens (including phenoxy) is 1. The lowest BCUT2D eigenvalue weighted by molar-refractivity contribution is -0.135. The van der Waals surface area contributed by atoms with E-state index >= 15 is 0 Å². The van der Waals surface area contributed by atoms with Crippen LogP contribution in [0.4, 0.5) is 8.78 Å². The van der Waals surface area contributed by atoms with Crippen molar-refractivity contribution >= 4 is 16.8 Å². The van der Waals surface area contributed by atoms with Crippen molar-refractivity contribution < 1.29 is 18.3 Å². The van der Waals surface area contributed by atoms with Crippen molar-refractivity contribution in [3.05, 3.63) is 53.7 Å². The van der Waals surface area contributed by atoms with Crippen molar-refractivity contribution in [2.75, 3.05) is 20.3 Å². The number of imidazole rings is 1. The number of alkyl halides is 2. The van der Waals surface area contributed by atoms with Gasteiger partial charge >= 0.3 is 0 Å². The average molecular weight is 521 g/mol. The van der Waals surface area contributed by atoms with Gasteiger partial charge in [-0.15, -0.1) is 0 Å². The molecule has 6 rings (SSSR count). The molecule has 1 saturated heterocycles. The number of carbonyl (C=O) groups is 1. The lowest BCUT2D eigenvalue weighted by atomic mass is 9.81. The molecular weight excluding hydrogens is 490 g/mol. The van der Waals surface area contributed by atoms with Gasteiger partial charge in [-0.1, -0.05) is 19.1 Å². The van der Waals surface area contributed by atoms with E-state index in [-0.39, 0.29) is 22.6 Å². The first-order valence-corrected chi connectivity index (χ1v) is 12.8. The zero-order valence-electron chi connectivity index (χ0n) is 21.9. The fraction of sp³-hybridized carbons (Fsp3) is 0.429. The van der Waals surface area contributed by atoms with Crippen LogP contribution in [0.25, 0.3) is 33.4 Å². The number of benzene rings is 1. The molecule has 38 heavy (non-hydrogen) atoms. The molecule has 10 heteroatoms. The van der Waals surface area contributed by atoms with Crippen LogP contribution in [-0.4, -0.2) is 55.4 Å². The number of pyridine rings is 1. The van der Waals surface area contributed by atoms with Gasteiger partial charge in [0.15, 0.2) is 0 Å². The standard InChI is InChI=1S/C28H30F2N6O2/c1-16-26(37)34(3)15-22-24(33-27(36(16)22)28(2)8-10-38-11-9-28)18-6-5-7-21-19(18)12-20(25(29)30)23(32-21)17-13-31-35(4)14-17/h5-7,12-14,16,25H,8-11,15H2,1-4H3. The van der Waals surface area contributed by atoms with E-state index in [0.29, 0.717) is 41.9 Å². The van der Waals surface area contributed by atoms with Gasteiger partial charge in [0.05, 0.1) is 35.3 Å². The van der Waals surface area contributed by atoms with Crippen molar-refractivity contribution in [2.24, 2.45) is 7.05 Å². The number of halogens is 2. The first-order valence-electron chi connectivity index (χ1n) is 12.8. The predicted molar refractivity (Wildman–Crippen MR) is 139 cm³/mol. The topological polar surface area (TPSA) is 78.1 Å². The molecule has 5 heterocycles. The molecule has 198 valence electrons. The molecule has 0 aliphatic carbocycles. The van der Waals surface area contributed by atoms with E-state index < -0.39 is 12.5 Å². The highest BCUT2D eigenvalue weighted by Gasteiger charge is 2.41. The number of hydrogen-bond acceptors (Lipinski definition) is 5. The summed E-state index contributed by atoms with van der Waals surface area (Å²) in [6.45, 7) is 5.72. The third-order valence-corrected chi connectivity index (χ3v) is 8.01. The molecule has 0 N–H and O–H groups in total. The van der Waals surface area contributed by atoms with Gasteiger partial charge in [0, 0.05) is 61.0 Å². The average Bonchev–Trinajstić information content (AvgIpc) is 3.51. The van der Waals surface area contributed by atoms with Crippen molar-refractivity contribution in [2.45, 2.75) is 51.1 Å². The second kappa shape index (κ2) is 8.97. The van der Waals surface area contributed by atoms with E-state index in [1.807, 2.05) is 25.1 Å². The summed E-state index contributed by atoms with van der Waals surface area (Å²) in [7, 11) is 3.53. The van der Waals surface area contributed by atoms with Crippen molar-refractivity contribution in [1.29, 1.82) is 0 Å². The Hall–Kier alpha value is -3.66. The highest BCUT2D eigenvalue weighted by molar-refractivity contribution is 5.96. The van der Waals surface area contributed by atoms with Crippen LogP contribution in [0.3, 0.4) is 0 Å². The van der Waals surface area contributed by atoms with E-state index in [2.05, 4.69) is 21.6 Å². The molecule has 4 aromatic rings. The van der Waals surface area contributed by atoms with Gasteiger partial charge in [0.25, 0.3) is 6.43 Å². The molecule has 0 spiro atoms. The quantitative estimate of drug-likeness (QED) is 0.377. The summed E-state index contributed by atoms with van der Waals surface area (Å²) in [6, 6.07) is 6.73. The monoisotopic (exact) mass is 520 g/mol. The summed E-state index contributed by atoms with van der Waals surface area (Å²) in [5.41, 5.74) is 3.29. The first kappa shape index (κ1) is 24.7. The summed E-state index contributed by atoms with van der Waals surface area (Å²) in [5.74, 6) is 0.879. The van der Waals surface area contributed by atoms with E-state index in [1.165, 1.54) is 6.07 Å². The Morgan fingerprint density at radius 3 is 2.58 bits per heavy atom. The SMILES string of the molecule is CC1C(=O)N(C)Cc2c(-c3cccc4nc(-c5cnn(C)c5)c(C(F)F)cc34)nc(C3(C)CCOCC3)n21. The second-order valence-corrected chi connectivity index (χ2v) is 10.6. The molecule has 1 unspecified atom stereocenters. The minimum Gasteiger partial charge on any atom is -0.381 e. The van der Waals surface area contributed by atoms with Crippen LogP contribution in [-0.2, 0) is 28.5 Å². The molecule has 0 radical (unpaired) electrons. The van der Waals surface area contributed by atoms with E-state index in [4.69, 9.17) is 9.72 Å². The highest BCUT2D eigenvalue weighted by Crippen LogP contribution is 2.43. The Bertz CT molecular complexity index is 1550. The highest BCUT2D eigenvalue weighted by atomic mass is 19.3. The largest absolute Gasteiger partial charge is 0.381 e. The van der Waals surface area contributed by atoms with Crippen LogP contribution in [0.2, 0.25) is 0 Å². The van der Waals surface area contributed by atoms with Gasteiger partial charge in [-0.2, -0.15) is 5.10 Å². The van der Waals surface area contributed by atoms with Gasteiger partial charge in [-0.05, 0) is 31.9 Å². The summed E-state index contributed by atoms with van der Waals surface area (Å²) in [4.78, 5) is 24.6. The van der Waals surface area contributed by atoms with E-state index in [0.717, 1.165) is 29.9 Å². The van der Waals surface area contributed by atoms with Crippen LogP contribution in [0.1, 0.15) is 56.2 Å². The maximum atomic E-state index is 14.4. The van der Waals surface area contributed by atoms with E-state index in [1.54, 1.807) is 36.1 Å². The minimum atomic E-state index is -2.72. The van der Waals surface area contributed by atoms with Crippen LogP contribution in [0.5, 0.6) is 0 Å². The Balaban J connectivity index is 1.60. The number of likely N-dealkylation sites (N-methyl/N-ethyl adjacent to an activating group) is 1. The Labute approximate surface area is 219 Å². The molecule has 1 atom stereocenters. The molecule has 8 nitrogen and oxygen atoms in total. The van der Waals surface area contributed by atoms with Crippen LogP contribution >= 0.6 is 0 Å². The lowest BCUT2D eigenvalue weighted by Crippen LogP contribution is -2.42. The number of nitrogens with zero attached hydrogens (tertiary/aromatic N) is 6. The molecule has 0 saturated carbocycles. The van der Waals surface area contributed by atoms with Gasteiger partial charge < -0.3 is 14.2 Å². The number of rotatable bonds is 4. The fourth-order valence-electron chi connectivity index (χ4n) is 5.81. The molecule has 1 fully saturated rings. The van der Waals surface area contributed by atoms with Gasteiger partial charge in [0.1, 0.15) is 11.9 Å². The summed E-state index contributed by atoms with van der Waals surface area (Å²) in [5, 5.41) is 4.74. The normalized spacial score (nSPS) is 19.4. The number of hydrogen-bond donors (Lipinski definition) is 0. The third-order valence-electron chi connectivity index (χ3n) is 8.01. The molecule has 3 aromatic heterocycles. The Morgan fingerprint density at radius 2 is 1.89 bits per heavy atom. The zero-order chi connectivity index (χ0) is 26.8. The number of carbonyl (C=O) groups excluding carboxylic acids is 1. The van der Waals surface area contributed by atoms with Crippen molar-refractivity contribution in [1.82, 2.24) is 29.2 Å². The van der Waals surface area contributed by atoms with Gasteiger partial charge in [0.2, 0.25) is 5.91 Å². The number of aromatic nitrogens is 5. The molecule has 1 aromatic carbocycles. The number of fused-ring (bicyclic) bond motifs is 2. The molecule has 2 aliphatic rings. The van der Waals surface area contributed by atoms with Crippen LogP contribution in [0, 0.1) is 0 Å². The van der Waals surface area contributed by atoms with Crippen LogP contribution < -0.4 is 0 Å². The number of aryl methyl sites for hydroxylation is 1. The summed E-state index contributed by atoms with van der Waals surface area (Å²) >= 11 is 0. The first-order chi connectivity index (χ1) is 18.2. The van der Waals surface area contributed by atoms with E-state index in [9.17, 15) is 13.6 Å².